The van der Waals surface area contributed by atoms with Gasteiger partial charge < -0.3 is 20.0 Å². The second kappa shape index (κ2) is 6.60. The first-order valence-corrected chi connectivity index (χ1v) is 10.7. The maximum atomic E-state index is 11.0. The minimum atomic E-state index is -0.777. The van der Waals surface area contributed by atoms with Gasteiger partial charge in [-0.25, -0.2) is 4.98 Å². The van der Waals surface area contributed by atoms with Crippen molar-refractivity contribution in [3.8, 4) is 0 Å². The molecule has 148 valence electrons. The average Bonchev–Trinajstić information content (AvgIpc) is 3.11. The van der Waals surface area contributed by atoms with E-state index in [9.17, 15) is 10.1 Å². The molecule has 3 heterocycles. The number of aromatic amines is 1. The van der Waals surface area contributed by atoms with E-state index in [0.29, 0.717) is 11.8 Å². The van der Waals surface area contributed by atoms with E-state index in [1.54, 1.807) is 11.1 Å². The van der Waals surface area contributed by atoms with Gasteiger partial charge in [-0.2, -0.15) is 5.10 Å². The number of nitrogens with zero attached hydrogens (tertiary/aromatic N) is 3. The third kappa shape index (κ3) is 2.96. The lowest BCUT2D eigenvalue weighted by Gasteiger charge is -2.45. The summed E-state index contributed by atoms with van der Waals surface area (Å²) in [5, 5.41) is 27.9. The number of fused-ring (bicyclic) bond motifs is 5. The molecule has 28 heavy (non-hydrogen) atoms. The Morgan fingerprint density at radius 2 is 2.25 bits per heavy atom. The maximum absolute atomic E-state index is 11.0. The summed E-state index contributed by atoms with van der Waals surface area (Å²) in [4.78, 5) is 9.47. The van der Waals surface area contributed by atoms with Crippen molar-refractivity contribution in [3.05, 3.63) is 24.0 Å². The fourth-order valence-corrected chi connectivity index (χ4v) is 5.84. The highest BCUT2D eigenvalue weighted by Crippen LogP contribution is 2.46. The molecule has 2 aromatic rings. The minimum Gasteiger partial charge on any atom is -0.428 e. The van der Waals surface area contributed by atoms with Gasteiger partial charge in [0.1, 0.15) is 5.65 Å². The zero-order chi connectivity index (χ0) is 19.5. The predicted octanol–water partition coefficient (Wildman–Crippen LogP) is 2.40. The van der Waals surface area contributed by atoms with Crippen molar-refractivity contribution >= 4 is 29.3 Å². The highest BCUT2D eigenvalue weighted by atomic mass is 16.3. The molecular weight excluding hydrogens is 351 g/mol. The van der Waals surface area contributed by atoms with Gasteiger partial charge >= 0.3 is 7.05 Å². The summed E-state index contributed by atoms with van der Waals surface area (Å²) in [7, 11) is -0.777. The Bertz CT molecular complexity index is 926. The van der Waals surface area contributed by atoms with Crippen molar-refractivity contribution in [2.24, 2.45) is 16.9 Å². The van der Waals surface area contributed by atoms with Crippen LogP contribution < -0.4 is 5.46 Å². The molecule has 0 saturated heterocycles. The number of aromatic nitrogens is 2. The summed E-state index contributed by atoms with van der Waals surface area (Å²) < 4.78 is 0. The van der Waals surface area contributed by atoms with E-state index in [-0.39, 0.29) is 6.04 Å². The van der Waals surface area contributed by atoms with E-state index in [0.717, 1.165) is 59.9 Å². The van der Waals surface area contributed by atoms with Crippen LogP contribution >= 0.6 is 0 Å². The molecule has 3 aliphatic rings. The molecule has 0 aromatic carbocycles. The Labute approximate surface area is 166 Å². The Kier molecular flexibility index (Phi) is 4.28. The Morgan fingerprint density at radius 1 is 1.39 bits per heavy atom. The van der Waals surface area contributed by atoms with Gasteiger partial charge in [0.2, 0.25) is 0 Å². The number of nitrogens with one attached hydrogen (secondary N) is 1. The third-order valence-corrected chi connectivity index (χ3v) is 6.94. The molecule has 6 nitrogen and oxygen atoms in total. The molecule has 5 rings (SSSR count). The number of aliphatic hydroxyl groups is 1. The number of hydrazone groups is 1. The molecule has 2 saturated carbocycles. The summed E-state index contributed by atoms with van der Waals surface area (Å²) >= 11 is 0. The fraction of sp³-hybridized carbons (Fsp3) is 0.619. The van der Waals surface area contributed by atoms with Crippen LogP contribution in [0.2, 0.25) is 0 Å². The van der Waals surface area contributed by atoms with Gasteiger partial charge in [-0.3, -0.25) is 0 Å². The van der Waals surface area contributed by atoms with Crippen molar-refractivity contribution < 1.29 is 10.1 Å². The van der Waals surface area contributed by atoms with Crippen LogP contribution in [-0.4, -0.2) is 49.4 Å². The second-order valence-electron chi connectivity index (χ2n) is 9.42. The normalized spacial score (nSPS) is 30.0. The second-order valence-corrected chi connectivity index (χ2v) is 9.42. The summed E-state index contributed by atoms with van der Waals surface area (Å²) in [6.07, 6.45) is 10.8. The highest BCUT2D eigenvalue weighted by Gasteiger charge is 2.43. The monoisotopic (exact) mass is 380 g/mol. The number of H-pyrrole nitrogens is 1. The number of pyridine rings is 1. The minimum absolute atomic E-state index is 0.0926. The molecule has 0 unspecified atom stereocenters. The molecule has 7 heteroatoms. The first-order valence-electron chi connectivity index (χ1n) is 10.7. The quantitative estimate of drug-likeness (QED) is 0.714. The maximum Gasteiger partial charge on any atom is 0.468 e. The summed E-state index contributed by atoms with van der Waals surface area (Å²) in [5.74, 6) is 1.07. The van der Waals surface area contributed by atoms with Gasteiger partial charge in [0.25, 0.3) is 0 Å². The lowest BCUT2D eigenvalue weighted by molar-refractivity contribution is -0.0658. The van der Waals surface area contributed by atoms with Crippen LogP contribution in [0, 0.1) is 11.8 Å². The first kappa shape index (κ1) is 18.2. The summed E-state index contributed by atoms with van der Waals surface area (Å²) in [5.41, 5.74) is 3.23. The van der Waals surface area contributed by atoms with E-state index in [1.807, 2.05) is 26.1 Å². The van der Waals surface area contributed by atoms with Crippen molar-refractivity contribution in [3.63, 3.8) is 0 Å². The Hall–Kier alpha value is -1.86. The van der Waals surface area contributed by atoms with Crippen LogP contribution in [0.4, 0.5) is 0 Å². The van der Waals surface area contributed by atoms with Gasteiger partial charge in [-0.05, 0) is 63.9 Å². The average molecular weight is 380 g/mol. The lowest BCUT2D eigenvalue weighted by Crippen LogP contribution is -2.54. The van der Waals surface area contributed by atoms with E-state index < -0.39 is 12.7 Å². The number of hydrogen-bond acceptors (Lipinski definition) is 5. The topological polar surface area (TPSA) is 84.7 Å². The smallest absolute Gasteiger partial charge is 0.428 e. The Balaban J connectivity index is 1.54. The SMILES string of the molecule is CC(C)N1N=C(C[C@H]2C[C@H]3CCC[C@@](O)(C3)C2)c2c(cnc3[nH]ccc23)B1O. The van der Waals surface area contributed by atoms with Gasteiger partial charge in [-0.15, -0.1) is 0 Å². The van der Waals surface area contributed by atoms with Crippen LogP contribution in [-0.2, 0) is 0 Å². The molecule has 0 amide bonds. The zero-order valence-corrected chi connectivity index (χ0v) is 16.7. The molecule has 2 bridgehead atoms. The van der Waals surface area contributed by atoms with Crippen LogP contribution in [0.5, 0.6) is 0 Å². The van der Waals surface area contributed by atoms with E-state index in [1.165, 1.54) is 12.8 Å². The summed E-state index contributed by atoms with van der Waals surface area (Å²) in [6, 6.07) is 2.12. The summed E-state index contributed by atoms with van der Waals surface area (Å²) in [6.45, 7) is 4.09. The van der Waals surface area contributed by atoms with E-state index >= 15 is 0 Å². The lowest BCUT2D eigenvalue weighted by atomic mass is 9.63. The number of hydrogen-bond donors (Lipinski definition) is 3. The highest BCUT2D eigenvalue weighted by molar-refractivity contribution is 6.66. The fourth-order valence-electron chi connectivity index (χ4n) is 5.84. The molecule has 2 fully saturated rings. The van der Waals surface area contributed by atoms with E-state index in [4.69, 9.17) is 5.10 Å². The zero-order valence-electron chi connectivity index (χ0n) is 16.7. The van der Waals surface area contributed by atoms with Gasteiger partial charge in [0.05, 0.1) is 11.3 Å². The van der Waals surface area contributed by atoms with Crippen LogP contribution in [0.3, 0.4) is 0 Å². The molecule has 2 aromatic heterocycles. The molecular formula is C21H29BN4O2. The molecule has 3 N–H and O–H groups in total. The molecule has 0 radical (unpaired) electrons. The third-order valence-electron chi connectivity index (χ3n) is 6.94. The molecule has 3 atom stereocenters. The molecule has 2 aliphatic carbocycles. The van der Waals surface area contributed by atoms with Gasteiger partial charge in [-0.1, -0.05) is 12.8 Å². The van der Waals surface area contributed by atoms with Crippen molar-refractivity contribution in [2.45, 2.75) is 70.4 Å². The van der Waals surface area contributed by atoms with E-state index in [2.05, 4.69) is 9.97 Å². The molecule has 0 spiro atoms. The van der Waals surface area contributed by atoms with Crippen LogP contribution in [0.15, 0.2) is 23.6 Å². The van der Waals surface area contributed by atoms with Crippen LogP contribution in [0.1, 0.15) is 64.4 Å². The Morgan fingerprint density at radius 3 is 3.04 bits per heavy atom. The van der Waals surface area contributed by atoms with Crippen LogP contribution in [0.25, 0.3) is 11.0 Å². The standard InChI is InChI=1S/C21H29BN4O2/c1-13(2)26-22(28)17-12-24-20-16(5-7-23-20)19(17)18(25-26)9-15-8-14-4-3-6-21(27,10-14)11-15/h5,7,12-15,27-28H,3-4,6,8-11H2,1-2H3,(H,23,24)/t14-,15-,21-/m1/s1. The van der Waals surface area contributed by atoms with Gasteiger partial charge in [0, 0.05) is 34.8 Å². The molecule has 1 aliphatic heterocycles. The largest absolute Gasteiger partial charge is 0.468 e. The van der Waals surface area contributed by atoms with Gasteiger partial charge in [0.15, 0.2) is 0 Å². The first-order chi connectivity index (χ1) is 13.4. The predicted molar refractivity (Wildman–Crippen MR) is 111 cm³/mol. The number of rotatable bonds is 3. The van der Waals surface area contributed by atoms with Crippen molar-refractivity contribution in [2.75, 3.05) is 0 Å². The van der Waals surface area contributed by atoms with Crippen molar-refractivity contribution in [1.82, 2.24) is 14.9 Å². The van der Waals surface area contributed by atoms with Crippen molar-refractivity contribution in [1.29, 1.82) is 0 Å².